The third kappa shape index (κ3) is 4.73. The van der Waals surface area contributed by atoms with Crippen molar-refractivity contribution in [3.63, 3.8) is 0 Å². The molecular formula is C12H18ClN3O5S. The van der Waals surface area contributed by atoms with E-state index in [0.29, 0.717) is 22.2 Å². The molecule has 0 aliphatic carbocycles. The number of carbonyl (C=O) groups excluding carboxylic acids is 1. The fourth-order valence-electron chi connectivity index (χ4n) is 1.44. The summed E-state index contributed by atoms with van der Waals surface area (Å²) in [4.78, 5) is 11.8. The number of nitrogens with zero attached hydrogens (tertiary/aromatic N) is 1. The number of ether oxygens (including phenoxy) is 2. The molecule has 0 heterocycles. The van der Waals surface area contributed by atoms with Crippen LogP contribution in [0.4, 0.5) is 5.69 Å². The van der Waals surface area contributed by atoms with E-state index in [1.165, 1.54) is 40.4 Å². The molecule has 8 nitrogen and oxygen atoms in total. The molecule has 0 unspecified atom stereocenters. The Balaban J connectivity index is 2.84. The topological polar surface area (TPSA) is 97.0 Å². The van der Waals surface area contributed by atoms with E-state index in [9.17, 15) is 13.2 Å². The quantitative estimate of drug-likeness (QED) is 0.753. The molecule has 0 fully saturated rings. The van der Waals surface area contributed by atoms with Gasteiger partial charge < -0.3 is 14.8 Å². The summed E-state index contributed by atoms with van der Waals surface area (Å²) >= 11 is 5.96. The third-order valence-corrected chi connectivity index (χ3v) is 4.41. The first kappa shape index (κ1) is 18.5. The minimum absolute atomic E-state index is 0.317. The highest BCUT2D eigenvalue weighted by molar-refractivity contribution is 7.87. The lowest BCUT2D eigenvalue weighted by atomic mass is 10.2. The first-order valence-electron chi connectivity index (χ1n) is 6.09. The fraction of sp³-hybridized carbons (Fsp3) is 0.417. The van der Waals surface area contributed by atoms with Crippen molar-refractivity contribution in [1.82, 2.24) is 9.03 Å². The van der Waals surface area contributed by atoms with Crippen molar-refractivity contribution in [2.75, 3.05) is 40.2 Å². The van der Waals surface area contributed by atoms with Crippen molar-refractivity contribution in [3.05, 3.63) is 17.2 Å². The highest BCUT2D eigenvalue weighted by atomic mass is 35.5. The van der Waals surface area contributed by atoms with Crippen LogP contribution >= 0.6 is 11.6 Å². The Hall–Kier alpha value is -1.55. The van der Waals surface area contributed by atoms with Gasteiger partial charge in [-0.15, -0.1) is 0 Å². The molecule has 0 aliphatic rings. The standard InChI is InChI=1S/C12H18ClN3O5S/c1-16(2)22(18,19)14-7-12(17)15-9-6-10(20-3)8(13)5-11(9)21-4/h5-6,14H,7H2,1-4H3,(H,15,17). The molecular weight excluding hydrogens is 334 g/mol. The number of hydrogen-bond donors (Lipinski definition) is 2. The van der Waals surface area contributed by atoms with Gasteiger partial charge in [-0.05, 0) is 0 Å². The van der Waals surface area contributed by atoms with Crippen LogP contribution in [0, 0.1) is 0 Å². The van der Waals surface area contributed by atoms with Crippen molar-refractivity contribution < 1.29 is 22.7 Å². The normalized spacial score (nSPS) is 11.4. The molecule has 0 aliphatic heterocycles. The predicted molar refractivity (Wildman–Crippen MR) is 83.8 cm³/mol. The first-order chi connectivity index (χ1) is 10.2. The average Bonchev–Trinajstić information content (AvgIpc) is 2.46. The van der Waals surface area contributed by atoms with Crippen LogP contribution in [0.2, 0.25) is 5.02 Å². The van der Waals surface area contributed by atoms with E-state index in [4.69, 9.17) is 21.1 Å². The lowest BCUT2D eigenvalue weighted by Gasteiger charge is -2.14. The Morgan fingerprint density at radius 2 is 1.82 bits per heavy atom. The largest absolute Gasteiger partial charge is 0.495 e. The van der Waals surface area contributed by atoms with E-state index in [2.05, 4.69) is 10.0 Å². The molecule has 0 bridgehead atoms. The number of benzene rings is 1. The summed E-state index contributed by atoms with van der Waals surface area (Å²) in [6.45, 7) is -0.422. The molecule has 2 N–H and O–H groups in total. The molecule has 124 valence electrons. The SMILES string of the molecule is COc1cc(NC(=O)CNS(=O)(=O)N(C)C)c(OC)cc1Cl. The molecule has 0 radical (unpaired) electrons. The van der Waals surface area contributed by atoms with Crippen LogP contribution in [0.3, 0.4) is 0 Å². The maximum atomic E-state index is 11.8. The molecule has 0 spiro atoms. The van der Waals surface area contributed by atoms with Crippen LogP contribution in [-0.2, 0) is 15.0 Å². The zero-order valence-corrected chi connectivity index (χ0v) is 14.2. The lowest BCUT2D eigenvalue weighted by molar-refractivity contribution is -0.115. The zero-order valence-electron chi connectivity index (χ0n) is 12.6. The first-order valence-corrected chi connectivity index (χ1v) is 7.91. The van der Waals surface area contributed by atoms with E-state index >= 15 is 0 Å². The Bertz CT molecular complexity index is 648. The number of nitrogens with one attached hydrogen (secondary N) is 2. The van der Waals surface area contributed by atoms with Gasteiger partial charge in [0.05, 0.1) is 31.5 Å². The highest BCUT2D eigenvalue weighted by Crippen LogP contribution is 2.35. The van der Waals surface area contributed by atoms with Crippen LogP contribution in [0.5, 0.6) is 11.5 Å². The van der Waals surface area contributed by atoms with Gasteiger partial charge in [0.15, 0.2) is 0 Å². The van der Waals surface area contributed by atoms with Crippen molar-refractivity contribution in [1.29, 1.82) is 0 Å². The summed E-state index contributed by atoms with van der Waals surface area (Å²) in [5.74, 6) is 0.120. The number of halogens is 1. The summed E-state index contributed by atoms with van der Waals surface area (Å²) in [5.41, 5.74) is 0.317. The van der Waals surface area contributed by atoms with E-state index < -0.39 is 22.7 Å². The minimum atomic E-state index is -3.68. The molecule has 1 aromatic rings. The zero-order chi connectivity index (χ0) is 16.9. The maximum Gasteiger partial charge on any atom is 0.279 e. The fourth-order valence-corrected chi connectivity index (χ4v) is 2.24. The summed E-state index contributed by atoms with van der Waals surface area (Å²) in [6.07, 6.45) is 0. The monoisotopic (exact) mass is 351 g/mol. The van der Waals surface area contributed by atoms with Gasteiger partial charge in [-0.2, -0.15) is 17.4 Å². The number of amides is 1. The van der Waals surface area contributed by atoms with Gasteiger partial charge in [0.25, 0.3) is 10.2 Å². The highest BCUT2D eigenvalue weighted by Gasteiger charge is 2.16. The molecule has 0 saturated heterocycles. The van der Waals surface area contributed by atoms with Crippen molar-refractivity contribution in [3.8, 4) is 11.5 Å². The van der Waals surface area contributed by atoms with Gasteiger partial charge in [0, 0.05) is 26.2 Å². The predicted octanol–water partition coefficient (Wildman–Crippen LogP) is 0.692. The summed E-state index contributed by atoms with van der Waals surface area (Å²) in [6, 6.07) is 2.97. The number of hydrogen-bond acceptors (Lipinski definition) is 5. The molecule has 1 amide bonds. The van der Waals surface area contributed by atoms with E-state index in [1.54, 1.807) is 0 Å². The van der Waals surface area contributed by atoms with E-state index in [-0.39, 0.29) is 0 Å². The van der Waals surface area contributed by atoms with Gasteiger partial charge in [-0.3, -0.25) is 4.79 Å². The number of carbonyl (C=O) groups is 1. The van der Waals surface area contributed by atoms with Gasteiger partial charge in [-0.25, -0.2) is 0 Å². The second-order valence-corrected chi connectivity index (χ2v) is 6.72. The molecule has 0 atom stereocenters. The molecule has 0 saturated carbocycles. The van der Waals surface area contributed by atoms with Crippen LogP contribution in [0.25, 0.3) is 0 Å². The van der Waals surface area contributed by atoms with Gasteiger partial charge >= 0.3 is 0 Å². The van der Waals surface area contributed by atoms with Gasteiger partial charge in [0.1, 0.15) is 11.5 Å². The van der Waals surface area contributed by atoms with Crippen LogP contribution in [-0.4, -0.2) is 53.5 Å². The third-order valence-electron chi connectivity index (χ3n) is 2.64. The molecule has 22 heavy (non-hydrogen) atoms. The van der Waals surface area contributed by atoms with Crippen molar-refractivity contribution in [2.45, 2.75) is 0 Å². The van der Waals surface area contributed by atoms with Crippen LogP contribution in [0.15, 0.2) is 12.1 Å². The summed E-state index contributed by atoms with van der Waals surface area (Å²) in [5, 5.41) is 2.85. The number of rotatable bonds is 7. The van der Waals surface area contributed by atoms with E-state index in [0.717, 1.165) is 4.31 Å². The summed E-state index contributed by atoms with van der Waals surface area (Å²) < 4.78 is 36.3. The van der Waals surface area contributed by atoms with Crippen molar-refractivity contribution >= 4 is 33.4 Å². The molecule has 1 rings (SSSR count). The maximum absolute atomic E-state index is 11.8. The average molecular weight is 352 g/mol. The Labute approximate surface area is 134 Å². The van der Waals surface area contributed by atoms with Crippen molar-refractivity contribution in [2.24, 2.45) is 0 Å². The smallest absolute Gasteiger partial charge is 0.279 e. The summed E-state index contributed by atoms with van der Waals surface area (Å²) in [7, 11) is 1.89. The van der Waals surface area contributed by atoms with Crippen LogP contribution < -0.4 is 19.5 Å². The lowest BCUT2D eigenvalue weighted by Crippen LogP contribution is -2.40. The molecule has 0 aromatic heterocycles. The second-order valence-electron chi connectivity index (χ2n) is 4.34. The Morgan fingerprint density at radius 3 is 2.32 bits per heavy atom. The van der Waals surface area contributed by atoms with E-state index in [1.807, 2.05) is 0 Å². The minimum Gasteiger partial charge on any atom is -0.495 e. The number of methoxy groups -OCH3 is 2. The van der Waals surface area contributed by atoms with Gasteiger partial charge in [0.2, 0.25) is 5.91 Å². The Morgan fingerprint density at radius 1 is 1.23 bits per heavy atom. The van der Waals surface area contributed by atoms with Gasteiger partial charge in [-0.1, -0.05) is 11.6 Å². The Kier molecular flexibility index (Phi) is 6.42. The molecule has 1 aromatic carbocycles. The molecule has 10 heteroatoms. The van der Waals surface area contributed by atoms with Crippen LogP contribution in [0.1, 0.15) is 0 Å². The number of anilines is 1. The second kappa shape index (κ2) is 7.63.